The fourth-order valence-electron chi connectivity index (χ4n) is 2.84. The number of carbonyl (C=O) groups is 3. The summed E-state index contributed by atoms with van der Waals surface area (Å²) in [7, 11) is 0. The van der Waals surface area contributed by atoms with Crippen LogP contribution in [-0.4, -0.2) is 51.9 Å². The first-order valence-electron chi connectivity index (χ1n) is 8.14. The van der Waals surface area contributed by atoms with E-state index in [4.69, 9.17) is 0 Å². The van der Waals surface area contributed by atoms with Crippen molar-refractivity contribution in [2.75, 3.05) is 13.1 Å². The second-order valence-electron chi connectivity index (χ2n) is 6.04. The summed E-state index contributed by atoms with van der Waals surface area (Å²) in [5.74, 6) is -1.58. The van der Waals surface area contributed by atoms with Gasteiger partial charge in [0.2, 0.25) is 11.8 Å². The van der Waals surface area contributed by atoms with Gasteiger partial charge < -0.3 is 20.3 Å². The van der Waals surface area contributed by atoms with Gasteiger partial charge in [0, 0.05) is 36.6 Å². The van der Waals surface area contributed by atoms with Gasteiger partial charge in [0.15, 0.2) is 0 Å². The van der Waals surface area contributed by atoms with Crippen molar-refractivity contribution in [1.29, 1.82) is 0 Å². The molecule has 0 aliphatic carbocycles. The molecule has 0 aliphatic heterocycles. The minimum atomic E-state index is -1.08. The van der Waals surface area contributed by atoms with E-state index in [1.54, 1.807) is 0 Å². The maximum Gasteiger partial charge on any atom is 0.326 e. The largest absolute Gasteiger partial charge is 0.480 e. The molecule has 1 aromatic heterocycles. The van der Waals surface area contributed by atoms with Crippen molar-refractivity contribution in [2.45, 2.75) is 33.2 Å². The lowest BCUT2D eigenvalue weighted by molar-refractivity contribution is -0.149. The van der Waals surface area contributed by atoms with Gasteiger partial charge in [-0.3, -0.25) is 9.59 Å². The third-order valence-electron chi connectivity index (χ3n) is 4.23. The predicted molar refractivity (Wildman–Crippen MR) is 94.2 cm³/mol. The van der Waals surface area contributed by atoms with Crippen LogP contribution in [-0.2, 0) is 20.8 Å². The SMILES string of the molecule is CC(=O)NCCN(C(=O)Cc1c(C)[nH]c2ccccc12)C(C)C(=O)O. The molecular formula is C18H23N3O4. The van der Waals surface area contributed by atoms with E-state index in [1.807, 2.05) is 31.2 Å². The number of nitrogens with zero attached hydrogens (tertiary/aromatic N) is 1. The average molecular weight is 345 g/mol. The Morgan fingerprint density at radius 3 is 2.60 bits per heavy atom. The van der Waals surface area contributed by atoms with Crippen molar-refractivity contribution < 1.29 is 19.5 Å². The number of aryl methyl sites for hydroxylation is 1. The number of carboxylic acids is 1. The smallest absolute Gasteiger partial charge is 0.326 e. The average Bonchev–Trinajstić information content (AvgIpc) is 2.86. The quantitative estimate of drug-likeness (QED) is 0.707. The van der Waals surface area contributed by atoms with E-state index >= 15 is 0 Å². The standard InChI is InChI=1S/C18H23N3O4/c1-11-15(14-6-4-5-7-16(14)20-11)10-17(23)21(12(2)18(24)25)9-8-19-13(3)22/h4-7,12,20H,8-10H2,1-3H3,(H,19,22)(H,24,25). The number of aliphatic carboxylic acids is 1. The first kappa shape index (κ1) is 18.5. The molecule has 0 saturated carbocycles. The highest BCUT2D eigenvalue weighted by Gasteiger charge is 2.26. The summed E-state index contributed by atoms with van der Waals surface area (Å²) in [5.41, 5.74) is 2.70. The van der Waals surface area contributed by atoms with Crippen LogP contribution in [0.4, 0.5) is 0 Å². The third-order valence-corrected chi connectivity index (χ3v) is 4.23. The topological polar surface area (TPSA) is 103 Å². The molecule has 2 aromatic rings. The van der Waals surface area contributed by atoms with Crippen molar-refractivity contribution in [1.82, 2.24) is 15.2 Å². The molecule has 3 N–H and O–H groups in total. The summed E-state index contributed by atoms with van der Waals surface area (Å²) in [5, 5.41) is 12.8. The van der Waals surface area contributed by atoms with E-state index in [9.17, 15) is 19.5 Å². The number of fused-ring (bicyclic) bond motifs is 1. The van der Waals surface area contributed by atoms with Crippen LogP contribution in [0, 0.1) is 6.92 Å². The number of aromatic nitrogens is 1. The van der Waals surface area contributed by atoms with Gasteiger partial charge in [-0.1, -0.05) is 18.2 Å². The summed E-state index contributed by atoms with van der Waals surface area (Å²) < 4.78 is 0. The normalized spacial score (nSPS) is 12.0. The van der Waals surface area contributed by atoms with Crippen LogP contribution < -0.4 is 5.32 Å². The molecule has 7 heteroatoms. The minimum absolute atomic E-state index is 0.105. The Morgan fingerprint density at radius 2 is 1.96 bits per heavy atom. The van der Waals surface area contributed by atoms with Crippen molar-refractivity contribution in [2.24, 2.45) is 0 Å². The summed E-state index contributed by atoms with van der Waals surface area (Å²) in [6.45, 7) is 5.10. The zero-order valence-electron chi connectivity index (χ0n) is 14.6. The van der Waals surface area contributed by atoms with Crippen molar-refractivity contribution in [3.05, 3.63) is 35.5 Å². The molecule has 0 radical (unpaired) electrons. The monoisotopic (exact) mass is 345 g/mol. The molecule has 1 heterocycles. The molecule has 0 saturated heterocycles. The van der Waals surface area contributed by atoms with Crippen LogP contribution in [0.1, 0.15) is 25.1 Å². The summed E-state index contributed by atoms with van der Waals surface area (Å²) in [6, 6.07) is 6.72. The Morgan fingerprint density at radius 1 is 1.28 bits per heavy atom. The van der Waals surface area contributed by atoms with E-state index < -0.39 is 12.0 Å². The highest BCUT2D eigenvalue weighted by Crippen LogP contribution is 2.23. The zero-order chi connectivity index (χ0) is 18.6. The van der Waals surface area contributed by atoms with Crippen LogP contribution in [0.15, 0.2) is 24.3 Å². The lowest BCUT2D eigenvalue weighted by Gasteiger charge is -2.26. The molecule has 134 valence electrons. The van der Waals surface area contributed by atoms with Crippen LogP contribution in [0.2, 0.25) is 0 Å². The lowest BCUT2D eigenvalue weighted by Crippen LogP contribution is -2.47. The Hall–Kier alpha value is -2.83. The van der Waals surface area contributed by atoms with E-state index in [-0.39, 0.29) is 31.3 Å². The minimum Gasteiger partial charge on any atom is -0.480 e. The van der Waals surface area contributed by atoms with Crippen LogP contribution >= 0.6 is 0 Å². The molecule has 25 heavy (non-hydrogen) atoms. The molecule has 1 atom stereocenters. The second kappa shape index (κ2) is 7.83. The number of aromatic amines is 1. The van der Waals surface area contributed by atoms with Crippen LogP contribution in [0.3, 0.4) is 0 Å². The summed E-state index contributed by atoms with van der Waals surface area (Å²) in [4.78, 5) is 39.6. The number of hydrogen-bond donors (Lipinski definition) is 3. The van der Waals surface area contributed by atoms with Gasteiger partial charge in [-0.05, 0) is 25.5 Å². The third kappa shape index (κ3) is 4.37. The van der Waals surface area contributed by atoms with Gasteiger partial charge in [-0.2, -0.15) is 0 Å². The van der Waals surface area contributed by atoms with Gasteiger partial charge in [0.05, 0.1) is 6.42 Å². The van der Waals surface area contributed by atoms with Gasteiger partial charge >= 0.3 is 5.97 Å². The van der Waals surface area contributed by atoms with E-state index in [2.05, 4.69) is 10.3 Å². The first-order chi connectivity index (χ1) is 11.8. The molecule has 2 rings (SSSR count). The molecule has 0 spiro atoms. The molecule has 0 aliphatic rings. The number of H-pyrrole nitrogens is 1. The Bertz CT molecular complexity index is 797. The van der Waals surface area contributed by atoms with Crippen LogP contribution in [0.25, 0.3) is 10.9 Å². The molecule has 0 fully saturated rings. The number of amides is 2. The van der Waals surface area contributed by atoms with E-state index in [0.29, 0.717) is 0 Å². The van der Waals surface area contributed by atoms with Gasteiger partial charge in [0.1, 0.15) is 6.04 Å². The number of para-hydroxylation sites is 1. The highest BCUT2D eigenvalue weighted by atomic mass is 16.4. The molecular weight excluding hydrogens is 322 g/mol. The fraction of sp³-hybridized carbons (Fsp3) is 0.389. The number of nitrogens with one attached hydrogen (secondary N) is 2. The zero-order valence-corrected chi connectivity index (χ0v) is 14.6. The maximum atomic E-state index is 12.8. The van der Waals surface area contributed by atoms with Crippen molar-refractivity contribution in [3.63, 3.8) is 0 Å². The van der Waals surface area contributed by atoms with E-state index in [1.165, 1.54) is 18.7 Å². The number of carbonyl (C=O) groups excluding carboxylic acids is 2. The Kier molecular flexibility index (Phi) is 5.80. The number of benzene rings is 1. The second-order valence-corrected chi connectivity index (χ2v) is 6.04. The van der Waals surface area contributed by atoms with Gasteiger partial charge in [-0.25, -0.2) is 4.79 Å². The number of carboxylic acid groups (broad SMARTS) is 1. The molecule has 7 nitrogen and oxygen atoms in total. The maximum absolute atomic E-state index is 12.8. The van der Waals surface area contributed by atoms with Crippen molar-refractivity contribution in [3.8, 4) is 0 Å². The lowest BCUT2D eigenvalue weighted by atomic mass is 10.1. The predicted octanol–water partition coefficient (Wildman–Crippen LogP) is 1.46. The van der Waals surface area contributed by atoms with Crippen molar-refractivity contribution >= 4 is 28.7 Å². The number of rotatable bonds is 7. The molecule has 1 aromatic carbocycles. The molecule has 2 amide bonds. The van der Waals surface area contributed by atoms with Gasteiger partial charge in [-0.15, -0.1) is 0 Å². The first-order valence-corrected chi connectivity index (χ1v) is 8.14. The Labute approximate surface area is 146 Å². The fourth-order valence-corrected chi connectivity index (χ4v) is 2.84. The summed E-state index contributed by atoms with van der Waals surface area (Å²) in [6.07, 6.45) is 0.105. The van der Waals surface area contributed by atoms with E-state index in [0.717, 1.165) is 22.2 Å². The van der Waals surface area contributed by atoms with Gasteiger partial charge in [0.25, 0.3) is 0 Å². The highest BCUT2D eigenvalue weighted by molar-refractivity contribution is 5.91. The molecule has 1 unspecified atom stereocenters. The van der Waals surface area contributed by atoms with Crippen LogP contribution in [0.5, 0.6) is 0 Å². The summed E-state index contributed by atoms with van der Waals surface area (Å²) >= 11 is 0. The Balaban J connectivity index is 2.21. The molecule has 0 bridgehead atoms. The number of hydrogen-bond acceptors (Lipinski definition) is 3.